The second-order valence-corrected chi connectivity index (χ2v) is 3.27. The van der Waals surface area contributed by atoms with E-state index in [1.807, 2.05) is 0 Å². The van der Waals surface area contributed by atoms with E-state index in [0.29, 0.717) is 11.3 Å². The fourth-order valence-electron chi connectivity index (χ4n) is 1.26. The van der Waals surface area contributed by atoms with Crippen molar-refractivity contribution in [2.24, 2.45) is 0 Å². The van der Waals surface area contributed by atoms with Crippen LogP contribution in [0.1, 0.15) is 10.4 Å². The molecule has 6 heteroatoms. The van der Waals surface area contributed by atoms with E-state index < -0.39 is 4.92 Å². The van der Waals surface area contributed by atoms with E-state index in [9.17, 15) is 14.9 Å². The third-order valence-electron chi connectivity index (χ3n) is 2.12. The minimum absolute atomic E-state index is 0.0219. The summed E-state index contributed by atoms with van der Waals surface area (Å²) in [7, 11) is 0. The Morgan fingerprint density at radius 1 is 1.24 bits per heavy atom. The van der Waals surface area contributed by atoms with Crippen molar-refractivity contribution in [1.82, 2.24) is 0 Å². The topological polar surface area (TPSA) is 85.4 Å². The van der Waals surface area contributed by atoms with Crippen molar-refractivity contribution in [2.75, 3.05) is 5.32 Å². The van der Waals surface area contributed by atoms with Gasteiger partial charge in [0.15, 0.2) is 0 Å². The molecule has 0 saturated carbocycles. The maximum atomic E-state index is 11.6. The number of nitro groups is 1. The monoisotopic (exact) mass is 232 g/mol. The number of carbonyl (C=O) groups is 1. The van der Waals surface area contributed by atoms with E-state index in [2.05, 4.69) is 5.32 Å². The molecule has 6 nitrogen and oxygen atoms in total. The van der Waals surface area contributed by atoms with Crippen molar-refractivity contribution in [1.29, 1.82) is 0 Å². The molecule has 0 atom stereocenters. The van der Waals surface area contributed by atoms with Crippen LogP contribution in [-0.4, -0.2) is 10.8 Å². The molecule has 1 amide bonds. The lowest BCUT2D eigenvalue weighted by molar-refractivity contribution is -0.384. The van der Waals surface area contributed by atoms with Gasteiger partial charge < -0.3 is 9.73 Å². The van der Waals surface area contributed by atoms with Crippen LogP contribution >= 0.6 is 0 Å². The van der Waals surface area contributed by atoms with E-state index >= 15 is 0 Å². The first-order valence-electron chi connectivity index (χ1n) is 4.75. The van der Waals surface area contributed by atoms with E-state index in [0.717, 1.165) is 0 Å². The molecule has 2 aromatic rings. The van der Waals surface area contributed by atoms with Crippen LogP contribution in [0.2, 0.25) is 0 Å². The molecule has 0 aliphatic heterocycles. The molecule has 0 bridgehead atoms. The molecule has 17 heavy (non-hydrogen) atoms. The minimum atomic E-state index is -0.498. The fraction of sp³-hybridized carbons (Fsp3) is 0. The number of anilines is 1. The second kappa shape index (κ2) is 4.48. The summed E-state index contributed by atoms with van der Waals surface area (Å²) in [6, 6.07) is 7.11. The Balaban J connectivity index is 2.09. The summed E-state index contributed by atoms with van der Waals surface area (Å²) < 4.78 is 4.77. The number of hydrogen-bond acceptors (Lipinski definition) is 4. The van der Waals surface area contributed by atoms with Gasteiger partial charge in [0.25, 0.3) is 11.6 Å². The predicted molar refractivity (Wildman–Crippen MR) is 59.8 cm³/mol. The zero-order valence-electron chi connectivity index (χ0n) is 8.62. The first-order chi connectivity index (χ1) is 8.16. The van der Waals surface area contributed by atoms with Gasteiger partial charge in [0.1, 0.15) is 6.26 Å². The van der Waals surface area contributed by atoms with Gasteiger partial charge in [-0.3, -0.25) is 14.9 Å². The van der Waals surface area contributed by atoms with Gasteiger partial charge in [0.05, 0.1) is 16.7 Å². The summed E-state index contributed by atoms with van der Waals surface area (Å²) in [5, 5.41) is 13.0. The van der Waals surface area contributed by atoms with Crippen LogP contribution < -0.4 is 5.32 Å². The summed E-state index contributed by atoms with van der Waals surface area (Å²) in [5.41, 5.74) is 0.858. The maximum Gasteiger partial charge on any atom is 0.269 e. The number of carbonyl (C=O) groups excluding carboxylic acids is 1. The van der Waals surface area contributed by atoms with Crippen LogP contribution in [0.3, 0.4) is 0 Å². The van der Waals surface area contributed by atoms with Crippen molar-refractivity contribution >= 4 is 17.3 Å². The van der Waals surface area contributed by atoms with Crippen LogP contribution in [0.25, 0.3) is 0 Å². The Morgan fingerprint density at radius 3 is 2.47 bits per heavy atom. The molecule has 0 spiro atoms. The lowest BCUT2D eigenvalue weighted by Crippen LogP contribution is -2.10. The Labute approximate surface area is 96.0 Å². The largest absolute Gasteiger partial charge is 0.472 e. The number of rotatable bonds is 3. The Bertz CT molecular complexity index is 531. The molecule has 2 rings (SSSR count). The zero-order chi connectivity index (χ0) is 12.3. The van der Waals surface area contributed by atoms with Gasteiger partial charge in [-0.1, -0.05) is 0 Å². The van der Waals surface area contributed by atoms with Gasteiger partial charge in [0.2, 0.25) is 0 Å². The van der Waals surface area contributed by atoms with Crippen LogP contribution in [0.15, 0.2) is 47.3 Å². The molecule has 86 valence electrons. The lowest BCUT2D eigenvalue weighted by Gasteiger charge is -2.02. The van der Waals surface area contributed by atoms with Crippen LogP contribution in [-0.2, 0) is 0 Å². The number of benzene rings is 1. The normalized spacial score (nSPS) is 9.88. The highest BCUT2D eigenvalue weighted by atomic mass is 16.6. The van der Waals surface area contributed by atoms with E-state index in [1.165, 1.54) is 42.9 Å². The number of hydrogen-bond donors (Lipinski definition) is 1. The summed E-state index contributed by atoms with van der Waals surface area (Å²) in [5.74, 6) is -0.326. The van der Waals surface area contributed by atoms with Crippen molar-refractivity contribution in [3.63, 3.8) is 0 Å². The van der Waals surface area contributed by atoms with Crippen molar-refractivity contribution < 1.29 is 14.1 Å². The first kappa shape index (κ1) is 10.9. The molecule has 0 unspecified atom stereocenters. The number of nitrogens with zero attached hydrogens (tertiary/aromatic N) is 1. The number of non-ortho nitro benzene ring substituents is 1. The lowest BCUT2D eigenvalue weighted by atomic mass is 10.2. The average molecular weight is 232 g/mol. The number of nitrogens with one attached hydrogen (secondary N) is 1. The second-order valence-electron chi connectivity index (χ2n) is 3.27. The minimum Gasteiger partial charge on any atom is -0.472 e. The van der Waals surface area contributed by atoms with Crippen molar-refractivity contribution in [3.05, 3.63) is 58.5 Å². The van der Waals surface area contributed by atoms with Crippen molar-refractivity contribution in [3.8, 4) is 0 Å². The standard InChI is InChI=1S/C11H8N2O4/c14-11(8-5-6-17-7-8)12-9-1-3-10(4-2-9)13(15)16/h1-7H,(H,12,14). The molecule has 0 aliphatic carbocycles. The zero-order valence-corrected chi connectivity index (χ0v) is 8.62. The molecule has 1 aromatic heterocycles. The van der Waals surface area contributed by atoms with Crippen LogP contribution in [0, 0.1) is 10.1 Å². The molecule has 0 aliphatic rings. The van der Waals surface area contributed by atoms with E-state index in [-0.39, 0.29) is 11.6 Å². The van der Waals surface area contributed by atoms with Crippen molar-refractivity contribution in [2.45, 2.75) is 0 Å². The number of amides is 1. The highest BCUT2D eigenvalue weighted by Gasteiger charge is 2.08. The van der Waals surface area contributed by atoms with Gasteiger partial charge >= 0.3 is 0 Å². The Kier molecular flexibility index (Phi) is 2.87. The highest BCUT2D eigenvalue weighted by Crippen LogP contribution is 2.16. The average Bonchev–Trinajstić information content (AvgIpc) is 2.83. The number of furan rings is 1. The Morgan fingerprint density at radius 2 is 1.94 bits per heavy atom. The molecule has 1 heterocycles. The van der Waals surface area contributed by atoms with E-state index in [4.69, 9.17) is 4.42 Å². The SMILES string of the molecule is O=C(Nc1ccc([N+](=O)[O-])cc1)c1ccoc1. The first-order valence-corrected chi connectivity index (χ1v) is 4.75. The van der Waals surface area contributed by atoms with Gasteiger partial charge in [-0.15, -0.1) is 0 Å². The molecular formula is C11H8N2O4. The Hall–Kier alpha value is -2.63. The summed E-state index contributed by atoms with van der Waals surface area (Å²) >= 11 is 0. The fourth-order valence-corrected chi connectivity index (χ4v) is 1.26. The number of nitro benzene ring substituents is 1. The van der Waals surface area contributed by atoms with Gasteiger partial charge in [-0.2, -0.15) is 0 Å². The predicted octanol–water partition coefficient (Wildman–Crippen LogP) is 2.44. The van der Waals surface area contributed by atoms with Crippen LogP contribution in [0.4, 0.5) is 11.4 Å². The van der Waals surface area contributed by atoms with Crippen LogP contribution in [0.5, 0.6) is 0 Å². The third kappa shape index (κ3) is 2.49. The maximum absolute atomic E-state index is 11.6. The highest BCUT2D eigenvalue weighted by molar-refractivity contribution is 6.03. The van der Waals surface area contributed by atoms with Gasteiger partial charge in [0, 0.05) is 17.8 Å². The molecular weight excluding hydrogens is 224 g/mol. The summed E-state index contributed by atoms with van der Waals surface area (Å²) in [6.45, 7) is 0. The van der Waals surface area contributed by atoms with Gasteiger partial charge in [-0.25, -0.2) is 0 Å². The molecule has 1 aromatic carbocycles. The summed E-state index contributed by atoms with van der Waals surface area (Å²) in [4.78, 5) is 21.5. The smallest absolute Gasteiger partial charge is 0.269 e. The molecule has 0 fully saturated rings. The summed E-state index contributed by atoms with van der Waals surface area (Å²) in [6.07, 6.45) is 2.71. The molecule has 0 radical (unpaired) electrons. The third-order valence-corrected chi connectivity index (χ3v) is 2.12. The van der Waals surface area contributed by atoms with Gasteiger partial charge in [-0.05, 0) is 18.2 Å². The van der Waals surface area contributed by atoms with E-state index in [1.54, 1.807) is 0 Å². The molecule has 0 saturated heterocycles. The quantitative estimate of drug-likeness (QED) is 0.650. The molecule has 1 N–H and O–H groups in total.